The lowest BCUT2D eigenvalue weighted by Crippen LogP contribution is -2.14. The van der Waals surface area contributed by atoms with Crippen LogP contribution in [0.4, 0.5) is 0 Å². The van der Waals surface area contributed by atoms with Crippen LogP contribution in [0, 0.1) is 13.8 Å². The zero-order chi connectivity index (χ0) is 10.6. The highest BCUT2D eigenvalue weighted by molar-refractivity contribution is 8.00. The second-order valence-electron chi connectivity index (χ2n) is 3.15. The normalized spacial score (nSPS) is 11.7. The molecule has 4 heteroatoms. The van der Waals surface area contributed by atoms with Gasteiger partial charge in [-0.25, -0.2) is 0 Å². The Kier molecular flexibility index (Phi) is 3.83. The van der Waals surface area contributed by atoms with Crippen molar-refractivity contribution in [2.75, 3.05) is 5.75 Å². The third-order valence-corrected chi connectivity index (χ3v) is 3.04. The topological polar surface area (TPSA) is 58.6 Å². The van der Waals surface area contributed by atoms with Gasteiger partial charge in [0.05, 0.1) is 5.75 Å². The summed E-state index contributed by atoms with van der Waals surface area (Å²) in [5.74, 6) is 0.761. The number of hydrogen-bond acceptors (Lipinski definition) is 3. The lowest BCUT2D eigenvalue weighted by Gasteiger charge is -2.05. The molecule has 76 valence electrons. The molecule has 0 amide bonds. The second-order valence-corrected chi connectivity index (χ2v) is 4.17. The molecule has 0 aliphatic carbocycles. The van der Waals surface area contributed by atoms with Gasteiger partial charge in [0.25, 0.3) is 0 Å². The summed E-state index contributed by atoms with van der Waals surface area (Å²) in [5, 5.41) is 11.3. The van der Waals surface area contributed by atoms with E-state index >= 15 is 0 Å². The number of nitrogens with two attached hydrogens (primary N) is 1. The summed E-state index contributed by atoms with van der Waals surface area (Å²) < 4.78 is 0. The van der Waals surface area contributed by atoms with Crippen LogP contribution in [0.5, 0.6) is 0 Å². The number of oxime groups is 1. The molecule has 0 bridgehead atoms. The first-order chi connectivity index (χ1) is 6.63. The maximum atomic E-state index is 8.39. The molecule has 0 aromatic heterocycles. The molecule has 0 saturated heterocycles. The van der Waals surface area contributed by atoms with Crippen LogP contribution < -0.4 is 5.73 Å². The number of thioether (sulfide) groups is 1. The molecule has 0 aliphatic rings. The van der Waals surface area contributed by atoms with E-state index in [1.807, 2.05) is 13.8 Å². The quantitative estimate of drug-likeness (QED) is 0.264. The minimum atomic E-state index is 0.246. The molecule has 14 heavy (non-hydrogen) atoms. The van der Waals surface area contributed by atoms with Crippen molar-refractivity contribution in [3.05, 3.63) is 29.3 Å². The van der Waals surface area contributed by atoms with Crippen molar-refractivity contribution in [3.63, 3.8) is 0 Å². The molecule has 1 aromatic carbocycles. The van der Waals surface area contributed by atoms with Crippen molar-refractivity contribution in [3.8, 4) is 0 Å². The third-order valence-electron chi connectivity index (χ3n) is 1.85. The fourth-order valence-corrected chi connectivity index (χ4v) is 1.97. The fraction of sp³-hybridized carbons (Fsp3) is 0.300. The number of nitrogens with zero attached hydrogens (tertiary/aromatic N) is 1. The first kappa shape index (κ1) is 10.9. The SMILES string of the molecule is Cc1ccc(C)c(SC/C(N)=N/O)c1. The Labute approximate surface area is 88.0 Å². The van der Waals surface area contributed by atoms with Crippen molar-refractivity contribution in [2.45, 2.75) is 18.7 Å². The highest BCUT2D eigenvalue weighted by atomic mass is 32.2. The molecule has 0 atom stereocenters. The molecule has 3 nitrogen and oxygen atoms in total. The van der Waals surface area contributed by atoms with Crippen LogP contribution in [0.2, 0.25) is 0 Å². The molecule has 0 heterocycles. The zero-order valence-electron chi connectivity index (χ0n) is 8.32. The summed E-state index contributed by atoms with van der Waals surface area (Å²) in [7, 11) is 0. The summed E-state index contributed by atoms with van der Waals surface area (Å²) in [5.41, 5.74) is 7.82. The van der Waals surface area contributed by atoms with Crippen LogP contribution in [-0.2, 0) is 0 Å². The van der Waals surface area contributed by atoms with Crippen LogP contribution in [-0.4, -0.2) is 16.8 Å². The largest absolute Gasteiger partial charge is 0.409 e. The lowest BCUT2D eigenvalue weighted by atomic mass is 10.2. The van der Waals surface area contributed by atoms with Gasteiger partial charge in [0.2, 0.25) is 0 Å². The second kappa shape index (κ2) is 4.91. The smallest absolute Gasteiger partial charge is 0.149 e. The van der Waals surface area contributed by atoms with Crippen molar-refractivity contribution < 1.29 is 5.21 Å². The molecule has 0 fully saturated rings. The minimum Gasteiger partial charge on any atom is -0.409 e. The van der Waals surface area contributed by atoms with Crippen molar-refractivity contribution >= 4 is 17.6 Å². The summed E-state index contributed by atoms with van der Waals surface area (Å²) >= 11 is 1.58. The number of amidine groups is 1. The molecule has 0 unspecified atom stereocenters. The summed E-state index contributed by atoms with van der Waals surface area (Å²) in [6, 6.07) is 6.25. The zero-order valence-corrected chi connectivity index (χ0v) is 9.14. The van der Waals surface area contributed by atoms with E-state index in [0.717, 1.165) is 0 Å². The first-order valence-corrected chi connectivity index (χ1v) is 5.28. The number of aryl methyl sites for hydroxylation is 2. The number of hydrogen-bond donors (Lipinski definition) is 2. The van der Waals surface area contributed by atoms with E-state index in [4.69, 9.17) is 10.9 Å². The molecule has 0 saturated carbocycles. The van der Waals surface area contributed by atoms with Crippen molar-refractivity contribution in [1.29, 1.82) is 0 Å². The predicted octanol–water partition coefficient (Wildman–Crippen LogP) is 2.14. The van der Waals surface area contributed by atoms with Gasteiger partial charge in [-0.2, -0.15) is 0 Å². The molecule has 3 N–H and O–H groups in total. The van der Waals surface area contributed by atoms with E-state index in [2.05, 4.69) is 23.4 Å². The standard InChI is InChI=1S/C10H14N2OS/c1-7-3-4-8(2)9(5-7)14-6-10(11)12-13/h3-5,13H,6H2,1-2H3,(H2,11,12). The number of rotatable bonds is 3. The van der Waals surface area contributed by atoms with Crippen LogP contribution >= 0.6 is 11.8 Å². The Bertz CT molecular complexity index is 350. The van der Waals surface area contributed by atoms with E-state index < -0.39 is 0 Å². The Morgan fingerprint density at radius 3 is 2.86 bits per heavy atom. The van der Waals surface area contributed by atoms with E-state index in [0.29, 0.717) is 5.75 Å². The monoisotopic (exact) mass is 210 g/mol. The maximum Gasteiger partial charge on any atom is 0.149 e. The Hall–Kier alpha value is -1.16. The molecule has 0 radical (unpaired) electrons. The van der Waals surface area contributed by atoms with Gasteiger partial charge >= 0.3 is 0 Å². The van der Waals surface area contributed by atoms with E-state index in [-0.39, 0.29) is 5.84 Å². The average molecular weight is 210 g/mol. The Morgan fingerprint density at radius 1 is 1.50 bits per heavy atom. The van der Waals surface area contributed by atoms with Crippen molar-refractivity contribution in [2.24, 2.45) is 10.9 Å². The van der Waals surface area contributed by atoms with Gasteiger partial charge in [-0.15, -0.1) is 11.8 Å². The summed E-state index contributed by atoms with van der Waals surface area (Å²) in [6.45, 7) is 4.10. The van der Waals surface area contributed by atoms with E-state index in [9.17, 15) is 0 Å². The third kappa shape index (κ3) is 2.96. The van der Waals surface area contributed by atoms with Gasteiger partial charge in [-0.3, -0.25) is 0 Å². The van der Waals surface area contributed by atoms with Crippen LogP contribution in [0.15, 0.2) is 28.3 Å². The Morgan fingerprint density at radius 2 is 2.21 bits per heavy atom. The van der Waals surface area contributed by atoms with Crippen LogP contribution in [0.3, 0.4) is 0 Å². The maximum absolute atomic E-state index is 8.39. The molecule has 1 rings (SSSR count). The lowest BCUT2D eigenvalue weighted by molar-refractivity contribution is 0.318. The average Bonchev–Trinajstić information content (AvgIpc) is 2.19. The van der Waals surface area contributed by atoms with E-state index in [1.54, 1.807) is 11.8 Å². The van der Waals surface area contributed by atoms with Crippen LogP contribution in [0.25, 0.3) is 0 Å². The minimum absolute atomic E-state index is 0.246. The van der Waals surface area contributed by atoms with Crippen molar-refractivity contribution in [1.82, 2.24) is 0 Å². The highest BCUT2D eigenvalue weighted by Gasteiger charge is 2.01. The number of benzene rings is 1. The van der Waals surface area contributed by atoms with Gasteiger partial charge in [0.1, 0.15) is 5.84 Å². The molecule has 1 aromatic rings. The molecule has 0 spiro atoms. The van der Waals surface area contributed by atoms with E-state index in [1.165, 1.54) is 16.0 Å². The van der Waals surface area contributed by atoms with Gasteiger partial charge in [0, 0.05) is 4.90 Å². The van der Waals surface area contributed by atoms with Gasteiger partial charge in [-0.1, -0.05) is 22.9 Å². The molecular weight excluding hydrogens is 196 g/mol. The summed E-state index contributed by atoms with van der Waals surface area (Å²) in [4.78, 5) is 1.18. The van der Waals surface area contributed by atoms with Crippen LogP contribution in [0.1, 0.15) is 11.1 Å². The molecule has 0 aliphatic heterocycles. The Balaban J connectivity index is 2.71. The summed E-state index contributed by atoms with van der Waals surface area (Å²) in [6.07, 6.45) is 0. The first-order valence-electron chi connectivity index (χ1n) is 4.30. The van der Waals surface area contributed by atoms with Gasteiger partial charge < -0.3 is 10.9 Å². The van der Waals surface area contributed by atoms with Gasteiger partial charge in [0.15, 0.2) is 0 Å². The predicted molar refractivity (Wildman–Crippen MR) is 60.0 cm³/mol. The molecular formula is C10H14N2OS. The van der Waals surface area contributed by atoms with Gasteiger partial charge in [-0.05, 0) is 25.5 Å². The highest BCUT2D eigenvalue weighted by Crippen LogP contribution is 2.22. The fourth-order valence-electron chi connectivity index (χ4n) is 1.04.